The van der Waals surface area contributed by atoms with Gasteiger partial charge in [-0.05, 0) is 30.2 Å². The standard InChI is InChI=1S/C20H22N4O3/c1-13(25)23-11-15-9-16(12-23)19(24-17(15)3-2-4-18(24)26)20(27)22-10-14-5-7-21-8-6-14/h2-8,15-16,19H,9-12H2,1H3,(H,22,27)/t15-,16+,19-/m1/s1. The number of carbonyl (C=O) groups is 2. The van der Waals surface area contributed by atoms with E-state index in [2.05, 4.69) is 10.3 Å². The highest BCUT2D eigenvalue weighted by molar-refractivity contribution is 5.81. The second-order valence-corrected chi connectivity index (χ2v) is 7.29. The maximum atomic E-state index is 13.1. The highest BCUT2D eigenvalue weighted by Crippen LogP contribution is 2.41. The number of hydrogen-bond acceptors (Lipinski definition) is 4. The Morgan fingerprint density at radius 2 is 1.96 bits per heavy atom. The van der Waals surface area contributed by atoms with Gasteiger partial charge in [0.25, 0.3) is 5.56 Å². The van der Waals surface area contributed by atoms with E-state index in [1.165, 1.54) is 6.07 Å². The number of aromatic nitrogens is 2. The zero-order chi connectivity index (χ0) is 19.0. The molecule has 7 heteroatoms. The van der Waals surface area contributed by atoms with Crippen molar-refractivity contribution in [1.82, 2.24) is 19.8 Å². The molecule has 0 aromatic carbocycles. The van der Waals surface area contributed by atoms with Gasteiger partial charge in [0.2, 0.25) is 11.8 Å². The molecule has 1 saturated heterocycles. The van der Waals surface area contributed by atoms with Gasteiger partial charge in [0, 0.05) is 62.5 Å². The van der Waals surface area contributed by atoms with Crippen molar-refractivity contribution >= 4 is 11.8 Å². The summed E-state index contributed by atoms with van der Waals surface area (Å²) in [6.07, 6.45) is 4.16. The highest BCUT2D eigenvalue weighted by Gasteiger charge is 2.44. The molecule has 0 saturated carbocycles. The quantitative estimate of drug-likeness (QED) is 0.881. The number of amides is 2. The zero-order valence-corrected chi connectivity index (χ0v) is 15.2. The third kappa shape index (κ3) is 3.25. The van der Waals surface area contributed by atoms with Gasteiger partial charge in [-0.25, -0.2) is 0 Å². The van der Waals surface area contributed by atoms with Crippen molar-refractivity contribution in [1.29, 1.82) is 0 Å². The molecule has 1 N–H and O–H groups in total. The average Bonchev–Trinajstić information content (AvgIpc) is 2.68. The molecule has 27 heavy (non-hydrogen) atoms. The Hall–Kier alpha value is -2.96. The van der Waals surface area contributed by atoms with Crippen LogP contribution in [0.2, 0.25) is 0 Å². The second kappa shape index (κ2) is 6.98. The van der Waals surface area contributed by atoms with Crippen LogP contribution in [0.5, 0.6) is 0 Å². The van der Waals surface area contributed by atoms with E-state index in [0.717, 1.165) is 17.7 Å². The summed E-state index contributed by atoms with van der Waals surface area (Å²) in [5.74, 6) is -0.161. The third-order valence-corrected chi connectivity index (χ3v) is 5.58. The van der Waals surface area contributed by atoms with Crippen molar-refractivity contribution in [3.05, 3.63) is 64.3 Å². The minimum absolute atomic E-state index is 0.00683. The summed E-state index contributed by atoms with van der Waals surface area (Å²) in [4.78, 5) is 43.4. The van der Waals surface area contributed by atoms with Gasteiger partial charge in [-0.3, -0.25) is 23.9 Å². The first-order chi connectivity index (χ1) is 13.0. The zero-order valence-electron chi connectivity index (χ0n) is 15.2. The van der Waals surface area contributed by atoms with Gasteiger partial charge in [0.1, 0.15) is 6.04 Å². The normalized spacial score (nSPS) is 23.4. The number of fused-ring (bicyclic) bond motifs is 4. The van der Waals surface area contributed by atoms with E-state index in [1.54, 1.807) is 34.9 Å². The number of likely N-dealkylation sites (tertiary alicyclic amines) is 1. The van der Waals surface area contributed by atoms with Crippen LogP contribution in [0.25, 0.3) is 0 Å². The summed E-state index contributed by atoms with van der Waals surface area (Å²) < 4.78 is 1.64. The van der Waals surface area contributed by atoms with Crippen molar-refractivity contribution in [2.24, 2.45) is 5.92 Å². The topological polar surface area (TPSA) is 84.3 Å². The highest BCUT2D eigenvalue weighted by atomic mass is 16.2. The molecule has 2 aromatic heterocycles. The lowest BCUT2D eigenvalue weighted by Crippen LogP contribution is -2.54. The maximum Gasteiger partial charge on any atom is 0.251 e. The van der Waals surface area contributed by atoms with Crippen LogP contribution in [0.15, 0.2) is 47.5 Å². The van der Waals surface area contributed by atoms with Crippen molar-refractivity contribution < 1.29 is 9.59 Å². The summed E-state index contributed by atoms with van der Waals surface area (Å²) in [7, 11) is 0. The lowest BCUT2D eigenvalue weighted by Gasteiger charge is -2.46. The van der Waals surface area contributed by atoms with Crippen LogP contribution < -0.4 is 10.9 Å². The van der Waals surface area contributed by atoms with E-state index < -0.39 is 6.04 Å². The number of nitrogens with one attached hydrogen (secondary N) is 1. The Bertz CT molecular complexity index is 924. The van der Waals surface area contributed by atoms with Crippen LogP contribution in [-0.4, -0.2) is 39.4 Å². The summed E-state index contributed by atoms with van der Waals surface area (Å²) in [6.45, 7) is 3.03. The molecule has 3 atom stereocenters. The molecule has 0 spiro atoms. The summed E-state index contributed by atoms with van der Waals surface area (Å²) in [5, 5.41) is 2.95. The first-order valence-electron chi connectivity index (χ1n) is 9.18. The van der Waals surface area contributed by atoms with Crippen LogP contribution >= 0.6 is 0 Å². The van der Waals surface area contributed by atoms with Gasteiger partial charge in [-0.2, -0.15) is 0 Å². The molecule has 2 aliphatic heterocycles. The van der Waals surface area contributed by atoms with Gasteiger partial charge in [-0.1, -0.05) is 6.07 Å². The van der Waals surface area contributed by atoms with Crippen LogP contribution in [0.1, 0.15) is 36.6 Å². The molecule has 1 fully saturated rings. The summed E-state index contributed by atoms with van der Waals surface area (Å²) >= 11 is 0. The fourth-order valence-electron chi connectivity index (χ4n) is 4.32. The molecule has 2 amide bonds. The van der Waals surface area contributed by atoms with Gasteiger partial charge in [0.05, 0.1) is 0 Å². The molecular weight excluding hydrogens is 344 g/mol. The minimum Gasteiger partial charge on any atom is -0.350 e. The number of nitrogens with zero attached hydrogens (tertiary/aromatic N) is 3. The Labute approximate surface area is 157 Å². The molecule has 0 aliphatic carbocycles. The lowest BCUT2D eigenvalue weighted by atomic mass is 9.78. The fraction of sp³-hybridized carbons (Fsp3) is 0.400. The van der Waals surface area contributed by atoms with Crippen molar-refractivity contribution in [2.45, 2.75) is 31.8 Å². The monoisotopic (exact) mass is 366 g/mol. The van der Waals surface area contributed by atoms with E-state index in [1.807, 2.05) is 18.2 Å². The molecule has 2 bridgehead atoms. The van der Waals surface area contributed by atoms with Crippen LogP contribution in [0.3, 0.4) is 0 Å². The molecule has 0 unspecified atom stereocenters. The van der Waals surface area contributed by atoms with Crippen molar-refractivity contribution in [3.63, 3.8) is 0 Å². The van der Waals surface area contributed by atoms with Gasteiger partial charge in [-0.15, -0.1) is 0 Å². The van der Waals surface area contributed by atoms with E-state index in [9.17, 15) is 14.4 Å². The maximum absolute atomic E-state index is 13.1. The van der Waals surface area contributed by atoms with Gasteiger partial charge in [0.15, 0.2) is 0 Å². The SMILES string of the molecule is CC(=O)N1C[C@H]2C[C@@H](C1)[C@H](C(=O)NCc1ccncc1)n1c2cccc1=O. The van der Waals surface area contributed by atoms with E-state index in [-0.39, 0.29) is 29.2 Å². The second-order valence-electron chi connectivity index (χ2n) is 7.29. The minimum atomic E-state index is -0.603. The predicted molar refractivity (Wildman–Crippen MR) is 98.9 cm³/mol. The molecule has 4 rings (SSSR count). The Morgan fingerprint density at radius 3 is 2.70 bits per heavy atom. The Kier molecular flexibility index (Phi) is 4.51. The third-order valence-electron chi connectivity index (χ3n) is 5.58. The molecule has 4 heterocycles. The fourth-order valence-corrected chi connectivity index (χ4v) is 4.32. The van der Waals surface area contributed by atoms with Gasteiger partial charge >= 0.3 is 0 Å². The van der Waals surface area contributed by atoms with Crippen molar-refractivity contribution in [3.8, 4) is 0 Å². The number of rotatable bonds is 3. The van der Waals surface area contributed by atoms with E-state index in [4.69, 9.17) is 0 Å². The summed E-state index contributed by atoms with van der Waals surface area (Å²) in [6, 6.07) is 8.21. The average molecular weight is 366 g/mol. The Balaban J connectivity index is 1.66. The summed E-state index contributed by atoms with van der Waals surface area (Å²) in [5.41, 5.74) is 1.62. The largest absolute Gasteiger partial charge is 0.350 e. The Morgan fingerprint density at radius 1 is 1.19 bits per heavy atom. The van der Waals surface area contributed by atoms with Crippen LogP contribution in [-0.2, 0) is 16.1 Å². The molecule has 140 valence electrons. The molecular formula is C20H22N4O3. The number of pyridine rings is 2. The van der Waals surface area contributed by atoms with E-state index >= 15 is 0 Å². The molecule has 7 nitrogen and oxygen atoms in total. The molecule has 2 aliphatic rings. The predicted octanol–water partition coefficient (Wildman–Crippen LogP) is 1.07. The smallest absolute Gasteiger partial charge is 0.251 e. The number of hydrogen-bond donors (Lipinski definition) is 1. The van der Waals surface area contributed by atoms with Gasteiger partial charge < -0.3 is 10.2 Å². The number of piperidine rings is 1. The first kappa shape index (κ1) is 17.5. The van der Waals surface area contributed by atoms with Crippen LogP contribution in [0, 0.1) is 5.92 Å². The number of carbonyl (C=O) groups excluding carboxylic acids is 2. The van der Waals surface area contributed by atoms with Crippen LogP contribution in [0.4, 0.5) is 0 Å². The molecule has 2 aromatic rings. The molecule has 0 radical (unpaired) electrons. The first-order valence-corrected chi connectivity index (χ1v) is 9.18. The van der Waals surface area contributed by atoms with E-state index in [0.29, 0.717) is 19.6 Å². The van der Waals surface area contributed by atoms with Crippen molar-refractivity contribution in [2.75, 3.05) is 13.1 Å². The lowest BCUT2D eigenvalue weighted by molar-refractivity contribution is -0.135.